The smallest absolute Gasteiger partial charge is 0.255 e. The highest BCUT2D eigenvalue weighted by Crippen LogP contribution is 2.14. The quantitative estimate of drug-likeness (QED) is 0.610. The molecule has 0 spiro atoms. The van der Waals surface area contributed by atoms with Gasteiger partial charge in [0, 0.05) is 13.1 Å². The molecule has 100 valence electrons. The summed E-state index contributed by atoms with van der Waals surface area (Å²) >= 11 is 1.19. The van der Waals surface area contributed by atoms with E-state index < -0.39 is 0 Å². The maximum absolute atomic E-state index is 11.8. The number of carbonyl (C=O) groups excluding carboxylic acids is 1. The SMILES string of the molecule is CCN(CC)C(=O)CSc1nc(OC)cc(=O)[nH]1. The van der Waals surface area contributed by atoms with E-state index in [1.807, 2.05) is 13.8 Å². The molecule has 6 nitrogen and oxygen atoms in total. The fourth-order valence-electron chi connectivity index (χ4n) is 1.38. The monoisotopic (exact) mass is 271 g/mol. The van der Waals surface area contributed by atoms with Crippen LogP contribution in [0, 0.1) is 0 Å². The summed E-state index contributed by atoms with van der Waals surface area (Å²) in [7, 11) is 1.44. The lowest BCUT2D eigenvalue weighted by molar-refractivity contribution is -0.127. The van der Waals surface area contributed by atoms with E-state index in [4.69, 9.17) is 4.74 Å². The Hall–Kier alpha value is -1.50. The molecule has 1 N–H and O–H groups in total. The van der Waals surface area contributed by atoms with Crippen molar-refractivity contribution in [3.8, 4) is 5.88 Å². The predicted octanol–water partition coefficient (Wildman–Crippen LogP) is 0.739. The van der Waals surface area contributed by atoms with E-state index in [0.717, 1.165) is 0 Å². The Kier molecular flexibility index (Phi) is 5.70. The van der Waals surface area contributed by atoms with Crippen LogP contribution < -0.4 is 10.3 Å². The normalized spacial score (nSPS) is 10.2. The van der Waals surface area contributed by atoms with Crippen molar-refractivity contribution in [3.05, 3.63) is 16.4 Å². The molecule has 0 fully saturated rings. The van der Waals surface area contributed by atoms with Crippen LogP contribution in [0.2, 0.25) is 0 Å². The van der Waals surface area contributed by atoms with Gasteiger partial charge in [-0.15, -0.1) is 0 Å². The van der Waals surface area contributed by atoms with Gasteiger partial charge < -0.3 is 14.6 Å². The molecule has 0 saturated carbocycles. The molecule has 1 heterocycles. The molecule has 0 aromatic carbocycles. The molecule has 1 aromatic heterocycles. The van der Waals surface area contributed by atoms with Crippen LogP contribution in [0.1, 0.15) is 13.8 Å². The van der Waals surface area contributed by atoms with Gasteiger partial charge in [0.15, 0.2) is 5.16 Å². The largest absolute Gasteiger partial charge is 0.481 e. The molecule has 0 atom stereocenters. The van der Waals surface area contributed by atoms with Crippen molar-refractivity contribution in [3.63, 3.8) is 0 Å². The van der Waals surface area contributed by atoms with Gasteiger partial charge in [-0.25, -0.2) is 0 Å². The van der Waals surface area contributed by atoms with Gasteiger partial charge in [0.1, 0.15) is 0 Å². The summed E-state index contributed by atoms with van der Waals surface area (Å²) in [4.78, 5) is 31.4. The minimum atomic E-state index is -0.292. The third kappa shape index (κ3) is 4.06. The molecule has 1 rings (SSSR count). The molecule has 0 aliphatic rings. The molecule has 0 aliphatic heterocycles. The molecular formula is C11H17N3O3S. The second-order valence-corrected chi connectivity index (χ2v) is 4.41. The van der Waals surface area contributed by atoms with Crippen LogP contribution in [0.4, 0.5) is 0 Å². The van der Waals surface area contributed by atoms with Crippen molar-refractivity contribution in [1.29, 1.82) is 0 Å². The summed E-state index contributed by atoms with van der Waals surface area (Å²) in [6.07, 6.45) is 0. The van der Waals surface area contributed by atoms with Crippen LogP contribution in [0.15, 0.2) is 16.0 Å². The second kappa shape index (κ2) is 7.05. The first-order valence-corrected chi connectivity index (χ1v) is 6.65. The molecule has 18 heavy (non-hydrogen) atoms. The summed E-state index contributed by atoms with van der Waals surface area (Å²) < 4.78 is 4.89. The Labute approximate surface area is 110 Å². The molecule has 7 heteroatoms. The van der Waals surface area contributed by atoms with Gasteiger partial charge in [-0.1, -0.05) is 11.8 Å². The highest BCUT2D eigenvalue weighted by molar-refractivity contribution is 7.99. The van der Waals surface area contributed by atoms with Crippen LogP contribution >= 0.6 is 11.8 Å². The van der Waals surface area contributed by atoms with Crippen molar-refractivity contribution in [2.75, 3.05) is 26.0 Å². The van der Waals surface area contributed by atoms with Crippen molar-refractivity contribution in [2.45, 2.75) is 19.0 Å². The number of aromatic amines is 1. The number of nitrogens with zero attached hydrogens (tertiary/aromatic N) is 2. The zero-order valence-corrected chi connectivity index (χ0v) is 11.5. The second-order valence-electron chi connectivity index (χ2n) is 3.45. The van der Waals surface area contributed by atoms with Crippen molar-refractivity contribution >= 4 is 17.7 Å². The van der Waals surface area contributed by atoms with Gasteiger partial charge in [0.2, 0.25) is 11.8 Å². The van der Waals surface area contributed by atoms with Crippen molar-refractivity contribution in [2.24, 2.45) is 0 Å². The molecule has 0 unspecified atom stereocenters. The van der Waals surface area contributed by atoms with E-state index in [1.165, 1.54) is 24.9 Å². The average molecular weight is 271 g/mol. The first-order chi connectivity index (χ1) is 8.60. The third-order valence-electron chi connectivity index (χ3n) is 2.35. The summed E-state index contributed by atoms with van der Waals surface area (Å²) in [5, 5.41) is 0.389. The summed E-state index contributed by atoms with van der Waals surface area (Å²) in [5.41, 5.74) is -0.292. The number of H-pyrrole nitrogens is 1. The number of ether oxygens (including phenoxy) is 1. The van der Waals surface area contributed by atoms with Crippen LogP contribution in [0.3, 0.4) is 0 Å². The van der Waals surface area contributed by atoms with Crippen molar-refractivity contribution in [1.82, 2.24) is 14.9 Å². The lowest BCUT2D eigenvalue weighted by Gasteiger charge is -2.17. The van der Waals surface area contributed by atoms with E-state index in [9.17, 15) is 9.59 Å². The number of hydrogen-bond donors (Lipinski definition) is 1. The maximum atomic E-state index is 11.8. The fraction of sp³-hybridized carbons (Fsp3) is 0.545. The number of thioether (sulfide) groups is 1. The highest BCUT2D eigenvalue weighted by atomic mass is 32.2. The first kappa shape index (κ1) is 14.6. The number of aromatic nitrogens is 2. The molecule has 0 aliphatic carbocycles. The Balaban J connectivity index is 2.66. The summed E-state index contributed by atoms with van der Waals surface area (Å²) in [5.74, 6) is 0.518. The van der Waals surface area contributed by atoms with E-state index in [-0.39, 0.29) is 23.1 Å². The highest BCUT2D eigenvalue weighted by Gasteiger charge is 2.11. The van der Waals surface area contributed by atoms with Crippen LogP contribution in [0.25, 0.3) is 0 Å². The number of rotatable bonds is 6. The Morgan fingerprint density at radius 2 is 2.17 bits per heavy atom. The van der Waals surface area contributed by atoms with Crippen molar-refractivity contribution < 1.29 is 9.53 Å². The third-order valence-corrected chi connectivity index (χ3v) is 3.21. The number of nitrogens with one attached hydrogen (secondary N) is 1. The van der Waals surface area contributed by atoms with Gasteiger partial charge in [-0.2, -0.15) is 4.98 Å². The predicted molar refractivity (Wildman–Crippen MR) is 70.1 cm³/mol. The van der Waals surface area contributed by atoms with Crippen LogP contribution in [-0.4, -0.2) is 46.7 Å². The number of methoxy groups -OCH3 is 1. The molecule has 0 bridgehead atoms. The lowest BCUT2D eigenvalue weighted by atomic mass is 10.5. The molecule has 0 saturated heterocycles. The van der Waals surface area contributed by atoms with E-state index in [2.05, 4.69) is 9.97 Å². The molecule has 1 amide bonds. The molecule has 0 radical (unpaired) electrons. The van der Waals surface area contributed by atoms with E-state index in [0.29, 0.717) is 18.2 Å². The average Bonchev–Trinajstić information content (AvgIpc) is 2.37. The Morgan fingerprint density at radius 1 is 1.50 bits per heavy atom. The lowest BCUT2D eigenvalue weighted by Crippen LogP contribution is -2.32. The first-order valence-electron chi connectivity index (χ1n) is 5.66. The topological polar surface area (TPSA) is 75.3 Å². The zero-order chi connectivity index (χ0) is 13.5. The standard InChI is InChI=1S/C11H17N3O3S/c1-4-14(5-2)10(16)7-18-11-12-8(15)6-9(13-11)17-3/h6H,4-5,7H2,1-3H3,(H,12,13,15). The number of amides is 1. The number of hydrogen-bond acceptors (Lipinski definition) is 5. The minimum Gasteiger partial charge on any atom is -0.481 e. The molecule has 1 aromatic rings. The van der Waals surface area contributed by atoms with Gasteiger partial charge in [-0.05, 0) is 13.8 Å². The van der Waals surface area contributed by atoms with Gasteiger partial charge >= 0.3 is 0 Å². The fourth-order valence-corrected chi connectivity index (χ4v) is 2.15. The van der Waals surface area contributed by atoms with Gasteiger partial charge in [0.25, 0.3) is 5.56 Å². The van der Waals surface area contributed by atoms with Gasteiger partial charge in [0.05, 0.1) is 18.9 Å². The van der Waals surface area contributed by atoms with Crippen LogP contribution in [0.5, 0.6) is 5.88 Å². The summed E-state index contributed by atoms with van der Waals surface area (Å²) in [6.45, 7) is 5.21. The van der Waals surface area contributed by atoms with Gasteiger partial charge in [-0.3, -0.25) is 9.59 Å². The van der Waals surface area contributed by atoms with E-state index >= 15 is 0 Å². The van der Waals surface area contributed by atoms with E-state index in [1.54, 1.807) is 4.90 Å². The summed E-state index contributed by atoms with van der Waals surface area (Å²) in [6, 6.07) is 1.26. The Bertz CT molecular complexity index is 457. The molecular weight excluding hydrogens is 254 g/mol. The number of carbonyl (C=O) groups is 1. The zero-order valence-electron chi connectivity index (χ0n) is 10.7. The maximum Gasteiger partial charge on any atom is 0.255 e. The van der Waals surface area contributed by atoms with Crippen LogP contribution in [-0.2, 0) is 4.79 Å². The minimum absolute atomic E-state index is 0.0236. The Morgan fingerprint density at radius 3 is 2.72 bits per heavy atom.